The molecule has 0 amide bonds. The van der Waals surface area contributed by atoms with Gasteiger partial charge in [-0.3, -0.25) is 4.52 Å². The number of phosphoric acid groups is 1. The minimum atomic E-state index is -4.50. The van der Waals surface area contributed by atoms with Gasteiger partial charge in [0.1, 0.15) is 6.10 Å². The zero-order valence-corrected chi connectivity index (χ0v) is 5.94. The van der Waals surface area contributed by atoms with Crippen LogP contribution in [0.5, 0.6) is 0 Å². The molecule has 1 unspecified atom stereocenters. The van der Waals surface area contributed by atoms with E-state index < -0.39 is 27.1 Å². The summed E-state index contributed by atoms with van der Waals surface area (Å²) in [5, 5.41) is 16.7. The molecule has 0 heterocycles. The van der Waals surface area contributed by atoms with Crippen molar-refractivity contribution in [2.24, 2.45) is 0 Å². The molecular weight excluding hydrogens is 170 g/mol. The Morgan fingerprint density at radius 3 is 2.18 bits per heavy atom. The molecule has 11 heavy (non-hydrogen) atoms. The maximum atomic E-state index is 9.93. The van der Waals surface area contributed by atoms with E-state index in [-0.39, 0.29) is 18.9 Å². The van der Waals surface area contributed by atoms with Crippen LogP contribution in [0.25, 0.3) is 0 Å². The van der Waals surface area contributed by atoms with Crippen LogP contribution in [0.1, 0.15) is 0 Å². The molecule has 0 bridgehead atoms. The van der Waals surface area contributed by atoms with E-state index in [1.54, 1.807) is 0 Å². The van der Waals surface area contributed by atoms with Crippen LogP contribution in [0.15, 0.2) is 0 Å². The van der Waals surface area contributed by atoms with Crippen LogP contribution in [0.3, 0.4) is 0 Å². The first-order chi connectivity index (χ1) is 4.45. The van der Waals surface area contributed by atoms with E-state index in [1.807, 2.05) is 0 Å². The molecule has 0 aromatic heterocycles. The Kier molecular flexibility index (Phi) is 7.96. The third-order valence-corrected chi connectivity index (χ3v) is 1.13. The Hall–Kier alpha value is 0.627. The van der Waals surface area contributed by atoms with E-state index in [0.717, 1.165) is 0 Å². The molecule has 0 aliphatic carbocycles. The monoisotopic (exact) mass is 180 g/mol. The average molecular weight is 180 g/mol. The molecule has 0 radical (unpaired) electrons. The summed E-state index contributed by atoms with van der Waals surface area (Å²) in [5.41, 5.74) is 0. The Labute approximate surface area is 75.6 Å². The van der Waals surface area contributed by atoms with Crippen molar-refractivity contribution in [3.8, 4) is 0 Å². The molecule has 1 atom stereocenters. The van der Waals surface area contributed by atoms with Gasteiger partial charge in [0.05, 0.1) is 13.2 Å². The van der Waals surface area contributed by atoms with E-state index in [4.69, 9.17) is 20.0 Å². The van der Waals surface area contributed by atoms with Crippen molar-refractivity contribution in [3.63, 3.8) is 0 Å². The summed E-state index contributed by atoms with van der Waals surface area (Å²) in [5.74, 6) is 0. The summed E-state index contributed by atoms with van der Waals surface area (Å²) in [6, 6.07) is 0. The first kappa shape index (κ1) is 14.2. The number of aliphatic hydroxyl groups excluding tert-OH is 2. The Morgan fingerprint density at radius 2 is 1.91 bits per heavy atom. The van der Waals surface area contributed by atoms with E-state index in [0.29, 0.717) is 0 Å². The molecule has 6 nitrogen and oxygen atoms in total. The van der Waals surface area contributed by atoms with Crippen LogP contribution in [-0.4, -0.2) is 58.2 Å². The Balaban J connectivity index is 0. The predicted octanol–water partition coefficient (Wildman–Crippen LogP) is -2.20. The summed E-state index contributed by atoms with van der Waals surface area (Å²) in [6.07, 6.45) is -1.24. The third kappa shape index (κ3) is 10.6. The van der Waals surface area contributed by atoms with E-state index in [2.05, 4.69) is 4.52 Å². The summed E-state index contributed by atoms with van der Waals surface area (Å²) >= 11 is 0. The minimum absolute atomic E-state index is 0. The number of hydrogen-bond donors (Lipinski definition) is 4. The summed E-state index contributed by atoms with van der Waals surface area (Å²) in [4.78, 5) is 16.1. The van der Waals surface area contributed by atoms with Gasteiger partial charge in [0.25, 0.3) is 0 Å². The second-order valence-electron chi connectivity index (χ2n) is 1.62. The van der Waals surface area contributed by atoms with Gasteiger partial charge in [0.15, 0.2) is 0 Å². The molecule has 0 aliphatic rings. The van der Waals surface area contributed by atoms with Gasteiger partial charge in [-0.1, -0.05) is 0 Å². The first-order valence-corrected chi connectivity index (χ1v) is 3.98. The van der Waals surface area contributed by atoms with Gasteiger partial charge in [0.2, 0.25) is 0 Å². The molecule has 0 spiro atoms. The van der Waals surface area contributed by atoms with Crippen LogP contribution in [-0.2, 0) is 9.09 Å². The van der Waals surface area contributed by atoms with Crippen molar-refractivity contribution in [1.82, 2.24) is 0 Å². The van der Waals surface area contributed by atoms with E-state index in [1.165, 1.54) is 0 Å². The molecule has 64 valence electrons. The number of hydrogen-bond acceptors (Lipinski definition) is 4. The first-order valence-electron chi connectivity index (χ1n) is 2.44. The quantitative estimate of drug-likeness (QED) is 0.289. The molecule has 4 N–H and O–H groups in total. The van der Waals surface area contributed by atoms with Crippen molar-refractivity contribution in [2.45, 2.75) is 6.10 Å². The number of phosphoric ester groups is 1. The van der Waals surface area contributed by atoms with Crippen LogP contribution in [0.4, 0.5) is 0 Å². The zero-order chi connectivity index (χ0) is 8.20. The van der Waals surface area contributed by atoms with Crippen molar-refractivity contribution >= 4 is 26.7 Å². The van der Waals surface area contributed by atoms with Gasteiger partial charge in [-0.05, 0) is 0 Å². The van der Waals surface area contributed by atoms with E-state index in [9.17, 15) is 4.57 Å². The van der Waals surface area contributed by atoms with Gasteiger partial charge < -0.3 is 20.0 Å². The van der Waals surface area contributed by atoms with Gasteiger partial charge in [-0.2, -0.15) is 0 Å². The summed E-state index contributed by atoms with van der Waals surface area (Å²) in [6.45, 7) is -1.15. The number of aliphatic hydroxyl groups is 2. The van der Waals surface area contributed by atoms with Crippen LogP contribution >= 0.6 is 7.82 Å². The standard InChI is InChI=1S/C3H9O6P.Li.H/c4-1-3(5)2-9-10(6,7)8;;/h3-5H,1-2H2,(H2,6,7,8);;. The molecule has 0 aromatic carbocycles. The second kappa shape index (κ2) is 6.18. The van der Waals surface area contributed by atoms with Crippen LogP contribution in [0.2, 0.25) is 0 Å². The molecule has 0 saturated heterocycles. The zero-order valence-electron chi connectivity index (χ0n) is 5.04. The topological polar surface area (TPSA) is 107 Å². The fourth-order valence-electron chi connectivity index (χ4n) is 0.236. The Bertz CT molecular complexity index is 134. The van der Waals surface area contributed by atoms with Crippen LogP contribution < -0.4 is 0 Å². The fourth-order valence-corrected chi connectivity index (χ4v) is 0.602. The molecule has 0 saturated carbocycles. The Morgan fingerprint density at radius 1 is 1.45 bits per heavy atom. The number of rotatable bonds is 4. The van der Waals surface area contributed by atoms with Crippen molar-refractivity contribution in [1.29, 1.82) is 0 Å². The van der Waals surface area contributed by atoms with Crippen molar-refractivity contribution in [3.05, 3.63) is 0 Å². The summed E-state index contributed by atoms with van der Waals surface area (Å²) < 4.78 is 13.8. The molecule has 0 fully saturated rings. The third-order valence-electron chi connectivity index (χ3n) is 0.646. The second-order valence-corrected chi connectivity index (χ2v) is 2.86. The van der Waals surface area contributed by atoms with Gasteiger partial charge >= 0.3 is 26.7 Å². The van der Waals surface area contributed by atoms with Gasteiger partial charge in [-0.25, -0.2) is 4.57 Å². The molecular formula is C3H10LiO6P. The molecule has 8 heteroatoms. The average Bonchev–Trinajstić information content (AvgIpc) is 1.81. The van der Waals surface area contributed by atoms with Gasteiger partial charge in [0, 0.05) is 0 Å². The SMILES string of the molecule is O=P(O)(O)OCC(O)CO.[LiH]. The fraction of sp³-hybridized carbons (Fsp3) is 1.00. The van der Waals surface area contributed by atoms with Gasteiger partial charge in [-0.15, -0.1) is 0 Å². The van der Waals surface area contributed by atoms with Crippen molar-refractivity contribution in [2.75, 3.05) is 13.2 Å². The predicted molar refractivity (Wildman–Crippen MR) is 38.2 cm³/mol. The maximum absolute atomic E-state index is 9.93. The molecule has 0 rings (SSSR count). The van der Waals surface area contributed by atoms with E-state index >= 15 is 0 Å². The normalized spacial score (nSPS) is 13.8. The van der Waals surface area contributed by atoms with Crippen molar-refractivity contribution < 1.29 is 29.1 Å². The summed E-state index contributed by atoms with van der Waals surface area (Å²) in [7, 11) is -4.50. The van der Waals surface area contributed by atoms with Crippen LogP contribution in [0, 0.1) is 0 Å². The molecule has 0 aliphatic heterocycles. The molecule has 0 aromatic rings.